The Morgan fingerprint density at radius 3 is 2.65 bits per heavy atom. The highest BCUT2D eigenvalue weighted by Crippen LogP contribution is 2.33. The largest absolute Gasteiger partial charge is 0.328 e. The van der Waals surface area contributed by atoms with Gasteiger partial charge in [-0.05, 0) is 41.3 Å². The second-order valence-electron chi connectivity index (χ2n) is 4.80. The Bertz CT molecular complexity index is 726. The molecule has 1 aliphatic rings. The van der Waals surface area contributed by atoms with Crippen LogP contribution in [0.25, 0.3) is 0 Å². The molecule has 0 unspecified atom stereocenters. The van der Waals surface area contributed by atoms with Crippen molar-refractivity contribution >= 4 is 21.4 Å². The Morgan fingerprint density at radius 1 is 1.30 bits per heavy atom. The van der Waals surface area contributed by atoms with E-state index in [9.17, 15) is 13.2 Å². The summed E-state index contributed by atoms with van der Waals surface area (Å²) < 4.78 is 26.8. The summed E-state index contributed by atoms with van der Waals surface area (Å²) >= 11 is 1.55. The molecule has 1 aliphatic carbocycles. The number of hydrogen-bond acceptors (Lipinski definition) is 4. The van der Waals surface area contributed by atoms with Crippen molar-refractivity contribution in [1.82, 2.24) is 9.29 Å². The van der Waals surface area contributed by atoms with Crippen LogP contribution in [0.4, 0.5) is 0 Å². The van der Waals surface area contributed by atoms with Crippen LogP contribution in [-0.2, 0) is 16.6 Å². The van der Waals surface area contributed by atoms with Gasteiger partial charge in [-0.2, -0.15) is 15.6 Å². The molecule has 7 heteroatoms. The maximum Gasteiger partial charge on any atom is 0.247 e. The van der Waals surface area contributed by atoms with Gasteiger partial charge in [-0.25, -0.2) is 8.42 Å². The number of rotatable bonds is 5. The summed E-state index contributed by atoms with van der Waals surface area (Å²) in [5.74, 6) is 0. The van der Waals surface area contributed by atoms with E-state index in [4.69, 9.17) is 0 Å². The molecule has 0 bridgehead atoms. The highest BCUT2D eigenvalue weighted by atomic mass is 32.2. The Hall–Kier alpha value is -1.44. The first-order valence-electron chi connectivity index (χ1n) is 6.29. The molecule has 2 aromatic heterocycles. The smallest absolute Gasteiger partial charge is 0.247 e. The summed E-state index contributed by atoms with van der Waals surface area (Å²) in [5.41, 5.74) is 0.689. The topological polar surface area (TPSA) is 70.2 Å². The molecule has 106 valence electrons. The molecule has 2 aromatic rings. The molecule has 0 amide bonds. The Labute approximate surface area is 120 Å². The van der Waals surface area contributed by atoms with Crippen LogP contribution in [0, 0.1) is 0 Å². The van der Waals surface area contributed by atoms with E-state index >= 15 is 0 Å². The molecule has 20 heavy (non-hydrogen) atoms. The molecule has 5 nitrogen and oxygen atoms in total. The molecular formula is C13H14N2O3S2. The normalized spacial score (nSPS) is 15.7. The third-order valence-electron chi connectivity index (χ3n) is 3.23. The van der Waals surface area contributed by atoms with Crippen LogP contribution in [0.15, 0.2) is 44.8 Å². The van der Waals surface area contributed by atoms with Crippen molar-refractivity contribution in [3.05, 3.63) is 51.1 Å². The number of thiophene rings is 1. The van der Waals surface area contributed by atoms with Gasteiger partial charge in [-0.3, -0.25) is 4.79 Å². The molecule has 2 heterocycles. The second kappa shape index (κ2) is 5.16. The van der Waals surface area contributed by atoms with Crippen LogP contribution >= 0.6 is 11.3 Å². The van der Waals surface area contributed by atoms with Gasteiger partial charge in [0.05, 0.1) is 4.90 Å². The zero-order valence-corrected chi connectivity index (χ0v) is 12.3. The average Bonchev–Trinajstić information content (AvgIpc) is 3.12. The first-order chi connectivity index (χ1) is 9.57. The number of nitrogens with zero attached hydrogens (tertiary/aromatic N) is 1. The van der Waals surface area contributed by atoms with Gasteiger partial charge < -0.3 is 4.98 Å². The van der Waals surface area contributed by atoms with Gasteiger partial charge in [0.25, 0.3) is 0 Å². The predicted molar refractivity (Wildman–Crippen MR) is 77.1 cm³/mol. The molecule has 0 saturated heterocycles. The lowest BCUT2D eigenvalue weighted by Crippen LogP contribution is -2.32. The minimum absolute atomic E-state index is 0.0758. The fourth-order valence-electron chi connectivity index (χ4n) is 2.03. The van der Waals surface area contributed by atoms with E-state index in [1.54, 1.807) is 11.3 Å². The van der Waals surface area contributed by atoms with E-state index in [2.05, 4.69) is 4.98 Å². The summed E-state index contributed by atoms with van der Waals surface area (Å²) in [5, 5.41) is 3.89. The summed E-state index contributed by atoms with van der Waals surface area (Å²) in [6, 6.07) is 4.61. The minimum atomic E-state index is -3.56. The van der Waals surface area contributed by atoms with E-state index in [-0.39, 0.29) is 16.5 Å². The summed E-state index contributed by atoms with van der Waals surface area (Å²) in [4.78, 5) is 13.6. The van der Waals surface area contributed by atoms with E-state index in [1.165, 1.54) is 22.6 Å². The Balaban J connectivity index is 1.93. The highest BCUT2D eigenvalue weighted by Gasteiger charge is 2.38. The van der Waals surface area contributed by atoms with Crippen molar-refractivity contribution in [2.75, 3.05) is 0 Å². The number of sulfonamides is 1. The van der Waals surface area contributed by atoms with E-state index in [1.807, 2.05) is 16.8 Å². The van der Waals surface area contributed by atoms with Gasteiger partial charge in [0.15, 0.2) is 0 Å². The molecular weight excluding hydrogens is 296 g/mol. The lowest BCUT2D eigenvalue weighted by atomic mass is 10.3. The summed E-state index contributed by atoms with van der Waals surface area (Å²) in [6.45, 7) is 0.385. The molecule has 0 aliphatic heterocycles. The van der Waals surface area contributed by atoms with Gasteiger partial charge in [0, 0.05) is 24.8 Å². The van der Waals surface area contributed by atoms with Crippen LogP contribution < -0.4 is 5.56 Å². The van der Waals surface area contributed by atoms with Gasteiger partial charge in [0.1, 0.15) is 0 Å². The summed E-state index contributed by atoms with van der Waals surface area (Å²) in [6.07, 6.45) is 3.06. The molecule has 1 fully saturated rings. The molecule has 0 radical (unpaired) electrons. The van der Waals surface area contributed by atoms with Gasteiger partial charge in [0.2, 0.25) is 15.6 Å². The van der Waals surface area contributed by atoms with Crippen LogP contribution in [0.1, 0.15) is 18.4 Å². The average molecular weight is 310 g/mol. The van der Waals surface area contributed by atoms with E-state index in [0.717, 1.165) is 18.4 Å². The second-order valence-corrected chi connectivity index (χ2v) is 7.47. The quantitative estimate of drug-likeness (QED) is 0.915. The van der Waals surface area contributed by atoms with Crippen molar-refractivity contribution < 1.29 is 8.42 Å². The highest BCUT2D eigenvalue weighted by molar-refractivity contribution is 7.89. The van der Waals surface area contributed by atoms with Crippen molar-refractivity contribution in [1.29, 1.82) is 0 Å². The van der Waals surface area contributed by atoms with Crippen molar-refractivity contribution in [3.8, 4) is 0 Å². The molecule has 0 aromatic carbocycles. The summed E-state index contributed by atoms with van der Waals surface area (Å²) in [7, 11) is -3.56. The molecule has 0 atom stereocenters. The lowest BCUT2D eigenvalue weighted by molar-refractivity contribution is 0.399. The zero-order valence-electron chi connectivity index (χ0n) is 10.7. The maximum absolute atomic E-state index is 12.7. The molecule has 3 rings (SSSR count). The number of H-pyrrole nitrogens is 1. The number of aromatic nitrogens is 1. The third-order valence-corrected chi connectivity index (χ3v) is 5.86. The van der Waals surface area contributed by atoms with Crippen LogP contribution in [0.2, 0.25) is 0 Å². The molecule has 0 spiro atoms. The van der Waals surface area contributed by atoms with E-state index < -0.39 is 10.0 Å². The number of pyridine rings is 1. The fraction of sp³-hybridized carbons (Fsp3) is 0.308. The maximum atomic E-state index is 12.7. The standard InChI is InChI=1S/C13H14N2O3S2/c16-13-4-3-12(7-14-13)20(17,18)15(11-1-2-11)8-10-5-6-19-9-10/h3-7,9,11H,1-2,8H2,(H,14,16). The number of aromatic amines is 1. The number of hydrogen-bond donors (Lipinski definition) is 1. The lowest BCUT2D eigenvalue weighted by Gasteiger charge is -2.21. The predicted octanol–water partition coefficient (Wildman–Crippen LogP) is 1.79. The van der Waals surface area contributed by atoms with Crippen molar-refractivity contribution in [3.63, 3.8) is 0 Å². The van der Waals surface area contributed by atoms with Gasteiger partial charge in [-0.15, -0.1) is 0 Å². The van der Waals surface area contributed by atoms with Gasteiger partial charge in [-0.1, -0.05) is 0 Å². The third kappa shape index (κ3) is 2.70. The van der Waals surface area contributed by atoms with Crippen LogP contribution in [-0.4, -0.2) is 23.7 Å². The van der Waals surface area contributed by atoms with Crippen molar-refractivity contribution in [2.45, 2.75) is 30.3 Å². The van der Waals surface area contributed by atoms with Gasteiger partial charge >= 0.3 is 0 Å². The minimum Gasteiger partial charge on any atom is -0.328 e. The Morgan fingerprint density at radius 2 is 2.10 bits per heavy atom. The first kappa shape index (κ1) is 13.5. The van der Waals surface area contributed by atoms with E-state index in [0.29, 0.717) is 6.54 Å². The molecule has 1 N–H and O–H groups in total. The number of nitrogens with one attached hydrogen (secondary N) is 1. The van der Waals surface area contributed by atoms with Crippen molar-refractivity contribution in [2.24, 2.45) is 0 Å². The zero-order chi connectivity index (χ0) is 14.2. The first-order valence-corrected chi connectivity index (χ1v) is 8.67. The van der Waals surface area contributed by atoms with Crippen LogP contribution in [0.3, 0.4) is 0 Å². The van der Waals surface area contributed by atoms with Crippen LogP contribution in [0.5, 0.6) is 0 Å². The fourth-order valence-corrected chi connectivity index (χ4v) is 4.33. The monoisotopic (exact) mass is 310 g/mol. The Kier molecular flexibility index (Phi) is 3.49. The molecule has 1 saturated carbocycles. The SMILES string of the molecule is O=c1ccc(S(=O)(=O)N(Cc2ccsc2)C2CC2)c[nH]1.